The second kappa shape index (κ2) is 9.20. The molecule has 0 bridgehead atoms. The number of rotatable bonds is 5. The summed E-state index contributed by atoms with van der Waals surface area (Å²) in [4.78, 5) is 52.9. The van der Waals surface area contributed by atoms with Gasteiger partial charge in [0.15, 0.2) is 0 Å². The molecule has 0 aromatic heterocycles. The predicted molar refractivity (Wildman–Crippen MR) is 118 cm³/mol. The van der Waals surface area contributed by atoms with Crippen molar-refractivity contribution < 1.29 is 28.0 Å². The standard InChI is InChI=1S/C24H24F2N4O4/c1-24(18-13-16(25)7-8-19(18)26)22(33)30(23(34)28-24)14-20(31)29-11-9-15(10-12-29)21(32)27-17-5-3-2-4-6-17/h2-8,13,15H,9-12,14H2,1H3,(H,27,32)(H,28,34)/t24-/m0/s1. The van der Waals surface area contributed by atoms with Crippen LogP contribution in [0.25, 0.3) is 0 Å². The number of amides is 5. The topological polar surface area (TPSA) is 98.8 Å². The Balaban J connectivity index is 1.36. The van der Waals surface area contributed by atoms with E-state index in [0.717, 1.165) is 18.2 Å². The first-order valence-electron chi connectivity index (χ1n) is 10.9. The van der Waals surface area contributed by atoms with E-state index in [-0.39, 0.29) is 17.4 Å². The first kappa shape index (κ1) is 23.3. The smallest absolute Gasteiger partial charge is 0.325 e. The maximum Gasteiger partial charge on any atom is 0.325 e. The van der Waals surface area contributed by atoms with Crippen LogP contribution in [0.15, 0.2) is 48.5 Å². The SMILES string of the molecule is C[C@@]1(c2cc(F)ccc2F)NC(=O)N(CC(=O)N2CCC(C(=O)Nc3ccccc3)CC2)C1=O. The quantitative estimate of drug-likeness (QED) is 0.657. The number of likely N-dealkylation sites (tertiary alicyclic amines) is 1. The minimum Gasteiger partial charge on any atom is -0.341 e. The fourth-order valence-corrected chi connectivity index (χ4v) is 4.30. The lowest BCUT2D eigenvalue weighted by atomic mass is 9.91. The van der Waals surface area contributed by atoms with Gasteiger partial charge in [0.05, 0.1) is 0 Å². The van der Waals surface area contributed by atoms with Crippen LogP contribution in [0.5, 0.6) is 0 Å². The third kappa shape index (κ3) is 4.48. The molecule has 2 aliphatic heterocycles. The molecule has 1 atom stereocenters. The van der Waals surface area contributed by atoms with Gasteiger partial charge in [-0.25, -0.2) is 13.6 Å². The van der Waals surface area contributed by atoms with Crippen molar-refractivity contribution >= 4 is 29.4 Å². The molecule has 0 spiro atoms. The first-order chi connectivity index (χ1) is 16.2. The number of imide groups is 1. The van der Waals surface area contributed by atoms with E-state index in [1.54, 1.807) is 12.1 Å². The third-order valence-corrected chi connectivity index (χ3v) is 6.30. The van der Waals surface area contributed by atoms with E-state index in [1.807, 2.05) is 18.2 Å². The average molecular weight is 470 g/mol. The van der Waals surface area contributed by atoms with Crippen molar-refractivity contribution in [3.63, 3.8) is 0 Å². The molecule has 8 nitrogen and oxygen atoms in total. The lowest BCUT2D eigenvalue weighted by Crippen LogP contribution is -2.47. The van der Waals surface area contributed by atoms with Gasteiger partial charge in [0.1, 0.15) is 23.7 Å². The summed E-state index contributed by atoms with van der Waals surface area (Å²) in [7, 11) is 0. The van der Waals surface area contributed by atoms with Crippen molar-refractivity contribution in [3.05, 3.63) is 65.7 Å². The van der Waals surface area contributed by atoms with Crippen LogP contribution < -0.4 is 10.6 Å². The molecule has 2 heterocycles. The Morgan fingerprint density at radius 2 is 1.76 bits per heavy atom. The molecule has 2 N–H and O–H groups in total. The number of nitrogens with zero attached hydrogens (tertiary/aromatic N) is 2. The summed E-state index contributed by atoms with van der Waals surface area (Å²) in [6.45, 7) is 1.33. The van der Waals surface area contributed by atoms with E-state index in [2.05, 4.69) is 10.6 Å². The lowest BCUT2D eigenvalue weighted by molar-refractivity contribution is -0.140. The van der Waals surface area contributed by atoms with Crippen LogP contribution in [0.4, 0.5) is 19.3 Å². The summed E-state index contributed by atoms with van der Waals surface area (Å²) >= 11 is 0. The van der Waals surface area contributed by atoms with Crippen molar-refractivity contribution in [2.24, 2.45) is 5.92 Å². The normalized spacial score (nSPS) is 20.9. The summed E-state index contributed by atoms with van der Waals surface area (Å²) in [5.41, 5.74) is -1.44. The summed E-state index contributed by atoms with van der Waals surface area (Å²) in [6, 6.07) is 10.8. The number of hydrogen-bond donors (Lipinski definition) is 2. The van der Waals surface area contributed by atoms with Crippen molar-refractivity contribution in [2.75, 3.05) is 25.0 Å². The molecule has 2 fully saturated rings. The minimum absolute atomic E-state index is 0.125. The highest BCUT2D eigenvalue weighted by molar-refractivity contribution is 6.09. The number of anilines is 1. The Hall–Kier alpha value is -3.82. The van der Waals surface area contributed by atoms with Gasteiger partial charge in [0, 0.05) is 30.3 Å². The second-order valence-corrected chi connectivity index (χ2v) is 8.58. The molecule has 4 rings (SSSR count). The average Bonchev–Trinajstić information content (AvgIpc) is 3.05. The molecule has 2 saturated heterocycles. The first-order valence-corrected chi connectivity index (χ1v) is 10.9. The zero-order chi connectivity index (χ0) is 24.5. The van der Waals surface area contributed by atoms with Gasteiger partial charge >= 0.3 is 6.03 Å². The Labute approximate surface area is 194 Å². The van der Waals surface area contributed by atoms with Gasteiger partial charge in [-0.1, -0.05) is 18.2 Å². The second-order valence-electron chi connectivity index (χ2n) is 8.58. The molecule has 0 saturated carbocycles. The number of urea groups is 1. The number of carbonyl (C=O) groups excluding carboxylic acids is 4. The highest BCUT2D eigenvalue weighted by Crippen LogP contribution is 2.31. The van der Waals surface area contributed by atoms with Crippen LogP contribution in [-0.4, -0.2) is 53.2 Å². The molecule has 10 heteroatoms. The van der Waals surface area contributed by atoms with E-state index >= 15 is 0 Å². The van der Waals surface area contributed by atoms with Crippen LogP contribution >= 0.6 is 0 Å². The molecule has 178 valence electrons. The number of piperidine rings is 1. The van der Waals surface area contributed by atoms with Crippen LogP contribution in [0, 0.1) is 17.6 Å². The van der Waals surface area contributed by atoms with Gasteiger partial charge in [0.25, 0.3) is 5.91 Å². The minimum atomic E-state index is -1.83. The molecule has 34 heavy (non-hydrogen) atoms. The van der Waals surface area contributed by atoms with Crippen LogP contribution in [-0.2, 0) is 19.9 Å². The maximum atomic E-state index is 14.3. The number of carbonyl (C=O) groups is 4. The van der Waals surface area contributed by atoms with Gasteiger partial charge in [0.2, 0.25) is 11.8 Å². The fourth-order valence-electron chi connectivity index (χ4n) is 4.30. The van der Waals surface area contributed by atoms with E-state index in [0.29, 0.717) is 36.5 Å². The van der Waals surface area contributed by atoms with E-state index in [1.165, 1.54) is 11.8 Å². The number of halogens is 2. The van der Waals surface area contributed by atoms with Crippen molar-refractivity contribution in [1.82, 2.24) is 15.1 Å². The highest BCUT2D eigenvalue weighted by Gasteiger charge is 2.51. The molecule has 0 radical (unpaired) electrons. The van der Waals surface area contributed by atoms with Crippen molar-refractivity contribution in [1.29, 1.82) is 0 Å². The number of para-hydroxylation sites is 1. The monoisotopic (exact) mass is 470 g/mol. The van der Waals surface area contributed by atoms with Gasteiger partial charge < -0.3 is 15.5 Å². The van der Waals surface area contributed by atoms with Crippen LogP contribution in [0.3, 0.4) is 0 Å². The molecule has 5 amide bonds. The van der Waals surface area contributed by atoms with Gasteiger partial charge in [-0.05, 0) is 50.1 Å². The largest absolute Gasteiger partial charge is 0.341 e. The number of benzene rings is 2. The maximum absolute atomic E-state index is 14.3. The van der Waals surface area contributed by atoms with Gasteiger partial charge in [-0.15, -0.1) is 0 Å². The van der Waals surface area contributed by atoms with Gasteiger partial charge in [-0.3, -0.25) is 19.3 Å². The highest BCUT2D eigenvalue weighted by atomic mass is 19.1. The summed E-state index contributed by atoms with van der Waals surface area (Å²) in [5.74, 6) is -3.29. The molecule has 2 aromatic carbocycles. The Kier molecular flexibility index (Phi) is 6.32. The lowest BCUT2D eigenvalue weighted by Gasteiger charge is -2.32. The fraction of sp³-hybridized carbons (Fsp3) is 0.333. The summed E-state index contributed by atoms with van der Waals surface area (Å²) in [5, 5.41) is 5.23. The molecule has 0 aliphatic carbocycles. The molecule has 2 aliphatic rings. The number of hydrogen-bond acceptors (Lipinski definition) is 4. The molecule has 0 unspecified atom stereocenters. The van der Waals surface area contributed by atoms with Crippen molar-refractivity contribution in [3.8, 4) is 0 Å². The predicted octanol–water partition coefficient (Wildman–Crippen LogP) is 2.61. The number of nitrogens with one attached hydrogen (secondary N) is 2. The Bertz CT molecular complexity index is 1140. The van der Waals surface area contributed by atoms with Crippen molar-refractivity contribution in [2.45, 2.75) is 25.3 Å². The van der Waals surface area contributed by atoms with E-state index in [9.17, 15) is 28.0 Å². The van der Waals surface area contributed by atoms with Crippen LogP contribution in [0.1, 0.15) is 25.3 Å². The van der Waals surface area contributed by atoms with Gasteiger partial charge in [-0.2, -0.15) is 0 Å². The zero-order valence-electron chi connectivity index (χ0n) is 18.5. The molecular weight excluding hydrogens is 446 g/mol. The summed E-state index contributed by atoms with van der Waals surface area (Å²) in [6.07, 6.45) is 0.882. The Morgan fingerprint density at radius 3 is 2.44 bits per heavy atom. The zero-order valence-corrected chi connectivity index (χ0v) is 18.5. The van der Waals surface area contributed by atoms with E-state index in [4.69, 9.17) is 0 Å². The summed E-state index contributed by atoms with van der Waals surface area (Å²) < 4.78 is 28.0. The Morgan fingerprint density at radius 1 is 1.09 bits per heavy atom. The van der Waals surface area contributed by atoms with Crippen LogP contribution in [0.2, 0.25) is 0 Å². The van der Waals surface area contributed by atoms with E-state index < -0.39 is 41.6 Å². The molecule has 2 aromatic rings. The third-order valence-electron chi connectivity index (χ3n) is 6.30. The molecular formula is C24H24F2N4O4.